The maximum atomic E-state index is 12.2. The van der Waals surface area contributed by atoms with E-state index >= 15 is 0 Å². The third-order valence-corrected chi connectivity index (χ3v) is 5.34. The van der Waals surface area contributed by atoms with Gasteiger partial charge >= 0.3 is 33.4 Å². The summed E-state index contributed by atoms with van der Waals surface area (Å²) in [7, 11) is -7.17. The summed E-state index contributed by atoms with van der Waals surface area (Å²) in [4.78, 5) is 2.41. The Labute approximate surface area is 180 Å². The summed E-state index contributed by atoms with van der Waals surface area (Å²) >= 11 is 0. The molecule has 0 aromatic rings. The van der Waals surface area contributed by atoms with E-state index in [0.29, 0.717) is 0 Å². The van der Waals surface area contributed by atoms with Crippen molar-refractivity contribution in [3.05, 3.63) is 23.9 Å². The van der Waals surface area contributed by atoms with E-state index in [0.717, 1.165) is 6.54 Å². The van der Waals surface area contributed by atoms with Gasteiger partial charge in [0.25, 0.3) is 0 Å². The fraction of sp³-hybridized carbons (Fsp3) is 0.778. The molecule has 0 aromatic carbocycles. The Bertz CT molecular complexity index is 747. The molecule has 0 radical (unpaired) electrons. The molecule has 0 aliphatic carbocycles. The number of allylic oxidation sites excluding steroid dienone is 2. The number of halogens is 9. The number of unbranched alkanes of at least 4 members (excludes halogenated alkanes) is 5. The molecular weight excluding hydrogens is 481 g/mol. The van der Waals surface area contributed by atoms with Crippen LogP contribution < -0.4 is 0 Å². The zero-order chi connectivity index (χ0) is 25.4. The van der Waals surface area contributed by atoms with E-state index in [-0.39, 0.29) is 0 Å². The van der Waals surface area contributed by atoms with Crippen LogP contribution in [0.4, 0.5) is 39.5 Å². The monoisotopic (exact) mass is 507 g/mol. The molecule has 1 heterocycles. The minimum atomic E-state index is -7.37. The summed E-state index contributed by atoms with van der Waals surface area (Å²) in [6, 6.07) is 0. The van der Waals surface area contributed by atoms with Gasteiger partial charge in [0.15, 0.2) is 0 Å². The molecule has 190 valence electrons. The molecule has 1 aliphatic heterocycles. The van der Waals surface area contributed by atoms with Crippen molar-refractivity contribution in [2.24, 2.45) is 0 Å². The minimum Gasteiger partial charge on any atom is -0.374 e. The zero-order valence-electron chi connectivity index (χ0n) is 17.4. The molecule has 0 spiro atoms. The SMILES string of the molecule is CCCCCCCCN1C=CC(C)=CC1.O=S(=O)(O)C(F)(F)C(F)(F)C(F)(F)C(F)(F)F. The van der Waals surface area contributed by atoms with Gasteiger partial charge in [0.2, 0.25) is 0 Å². The molecule has 0 saturated heterocycles. The summed E-state index contributed by atoms with van der Waals surface area (Å²) < 4.78 is 134. The Morgan fingerprint density at radius 2 is 1.41 bits per heavy atom. The van der Waals surface area contributed by atoms with Crippen LogP contribution in [0.1, 0.15) is 52.4 Å². The van der Waals surface area contributed by atoms with Gasteiger partial charge in [-0.3, -0.25) is 4.55 Å². The molecule has 4 nitrogen and oxygen atoms in total. The Morgan fingerprint density at radius 1 is 0.906 bits per heavy atom. The second-order valence-electron chi connectivity index (χ2n) is 7.16. The normalized spacial score (nSPS) is 15.9. The van der Waals surface area contributed by atoms with Gasteiger partial charge in [-0.2, -0.15) is 47.9 Å². The van der Waals surface area contributed by atoms with Crippen LogP contribution in [0.3, 0.4) is 0 Å². The highest BCUT2D eigenvalue weighted by molar-refractivity contribution is 7.87. The average Bonchev–Trinajstić information content (AvgIpc) is 2.64. The van der Waals surface area contributed by atoms with E-state index in [9.17, 15) is 47.9 Å². The number of hydrogen-bond donors (Lipinski definition) is 1. The average molecular weight is 507 g/mol. The van der Waals surface area contributed by atoms with Crippen LogP contribution in [-0.2, 0) is 10.1 Å². The predicted molar refractivity (Wildman–Crippen MR) is 100 cm³/mol. The molecule has 1 aliphatic rings. The van der Waals surface area contributed by atoms with Crippen molar-refractivity contribution >= 4 is 10.1 Å². The fourth-order valence-electron chi connectivity index (χ4n) is 2.40. The van der Waals surface area contributed by atoms with Crippen LogP contribution in [0.5, 0.6) is 0 Å². The molecule has 0 bridgehead atoms. The lowest BCUT2D eigenvalue weighted by Gasteiger charge is -2.31. The Morgan fingerprint density at radius 3 is 1.81 bits per heavy atom. The van der Waals surface area contributed by atoms with E-state index in [1.165, 1.54) is 50.6 Å². The molecule has 0 atom stereocenters. The van der Waals surface area contributed by atoms with E-state index in [1.54, 1.807) is 0 Å². The van der Waals surface area contributed by atoms with Gasteiger partial charge in [-0.05, 0) is 25.6 Å². The van der Waals surface area contributed by atoms with Crippen LogP contribution in [0, 0.1) is 0 Å². The quantitative estimate of drug-likeness (QED) is 0.211. The number of alkyl halides is 9. The van der Waals surface area contributed by atoms with Crippen molar-refractivity contribution in [1.82, 2.24) is 4.90 Å². The summed E-state index contributed by atoms with van der Waals surface area (Å²) in [5, 5.41) is -7.00. The van der Waals surface area contributed by atoms with Crippen LogP contribution >= 0.6 is 0 Å². The maximum Gasteiger partial charge on any atom is 0.460 e. The highest BCUT2D eigenvalue weighted by Crippen LogP contribution is 2.54. The van der Waals surface area contributed by atoms with Crippen molar-refractivity contribution in [3.8, 4) is 0 Å². The molecule has 0 unspecified atom stereocenters. The highest BCUT2D eigenvalue weighted by Gasteiger charge is 2.85. The molecule has 1 N–H and O–H groups in total. The molecule has 0 aromatic heterocycles. The van der Waals surface area contributed by atoms with Gasteiger partial charge in [0.1, 0.15) is 0 Å². The Balaban J connectivity index is 0.000000604. The van der Waals surface area contributed by atoms with Gasteiger partial charge in [0, 0.05) is 13.1 Å². The van der Waals surface area contributed by atoms with E-state index in [4.69, 9.17) is 4.55 Å². The minimum absolute atomic E-state index is 1.11. The van der Waals surface area contributed by atoms with Crippen molar-refractivity contribution in [2.75, 3.05) is 13.1 Å². The smallest absolute Gasteiger partial charge is 0.374 e. The van der Waals surface area contributed by atoms with Gasteiger partial charge in [-0.25, -0.2) is 0 Å². The van der Waals surface area contributed by atoms with Crippen molar-refractivity contribution in [1.29, 1.82) is 0 Å². The first-order valence-electron chi connectivity index (χ1n) is 9.59. The summed E-state index contributed by atoms with van der Waals surface area (Å²) in [5.74, 6) is -14.7. The molecule has 14 heteroatoms. The first kappa shape index (κ1) is 30.6. The van der Waals surface area contributed by atoms with Crippen LogP contribution in [-0.4, -0.2) is 54.2 Å². The second kappa shape index (κ2) is 11.6. The van der Waals surface area contributed by atoms with Crippen LogP contribution in [0.2, 0.25) is 0 Å². The zero-order valence-corrected chi connectivity index (χ0v) is 18.2. The predicted octanol–water partition coefficient (Wildman–Crippen LogP) is 6.42. The van der Waals surface area contributed by atoms with Crippen molar-refractivity contribution < 1.29 is 52.5 Å². The molecular formula is C18H26F9NO3S. The number of hydrogen-bond acceptors (Lipinski definition) is 3. The molecule has 1 rings (SSSR count). The van der Waals surface area contributed by atoms with Crippen molar-refractivity contribution in [2.45, 2.75) is 75.6 Å². The number of rotatable bonds is 10. The lowest BCUT2D eigenvalue weighted by molar-refractivity contribution is -0.382. The molecule has 32 heavy (non-hydrogen) atoms. The van der Waals surface area contributed by atoms with Gasteiger partial charge in [0.05, 0.1) is 0 Å². The Hall–Kier alpha value is -1.44. The second-order valence-corrected chi connectivity index (χ2v) is 8.63. The largest absolute Gasteiger partial charge is 0.460 e. The topological polar surface area (TPSA) is 57.6 Å². The van der Waals surface area contributed by atoms with E-state index < -0.39 is 33.4 Å². The molecule has 0 saturated carbocycles. The molecule has 0 amide bonds. The number of nitrogens with zero attached hydrogens (tertiary/aromatic N) is 1. The van der Waals surface area contributed by atoms with E-state index in [2.05, 4.69) is 37.1 Å². The van der Waals surface area contributed by atoms with Gasteiger partial charge < -0.3 is 4.90 Å². The van der Waals surface area contributed by atoms with E-state index in [1.807, 2.05) is 0 Å². The first-order valence-corrected chi connectivity index (χ1v) is 11.0. The fourth-order valence-corrected chi connectivity index (χ4v) is 2.85. The highest BCUT2D eigenvalue weighted by atomic mass is 32.2. The summed E-state index contributed by atoms with van der Waals surface area (Å²) in [6.07, 6.45) is 7.95. The maximum absolute atomic E-state index is 12.2. The standard InChI is InChI=1S/C14H25N.C4HF9O3S/c1-3-4-5-6-7-8-11-15-12-9-14(2)10-13-15;5-1(6,3(9,10)11)2(7,8)4(12,13)17(14,15)16/h9-10,12H,3-8,11,13H2,1-2H3;(H,14,15,16). The van der Waals surface area contributed by atoms with Crippen LogP contribution in [0.25, 0.3) is 0 Å². The van der Waals surface area contributed by atoms with Gasteiger partial charge in [-0.1, -0.05) is 50.7 Å². The summed E-state index contributed by atoms with van der Waals surface area (Å²) in [5.41, 5.74) is 1.40. The van der Waals surface area contributed by atoms with Crippen LogP contribution in [0.15, 0.2) is 23.9 Å². The first-order chi connectivity index (χ1) is 14.3. The molecule has 0 fully saturated rings. The van der Waals surface area contributed by atoms with Gasteiger partial charge in [-0.15, -0.1) is 0 Å². The lowest BCUT2D eigenvalue weighted by Crippen LogP contribution is -2.63. The third-order valence-electron chi connectivity index (χ3n) is 4.43. The summed E-state index contributed by atoms with van der Waals surface area (Å²) in [6.45, 7) is 6.77. The lowest BCUT2D eigenvalue weighted by atomic mass is 10.1. The Kier molecular flexibility index (Phi) is 11.1. The van der Waals surface area contributed by atoms with Crippen molar-refractivity contribution in [3.63, 3.8) is 0 Å². The third kappa shape index (κ3) is 7.85.